The maximum Gasteiger partial charge on any atom is 0.374 e. The summed E-state index contributed by atoms with van der Waals surface area (Å²) in [6.07, 6.45) is 0. The van der Waals surface area contributed by atoms with Gasteiger partial charge in [-0.3, -0.25) is 4.79 Å². The van der Waals surface area contributed by atoms with Crippen LogP contribution in [0.25, 0.3) is 11.0 Å². The standard InChI is InChI=1S/C18H13ClO5/c1-22-14-5-2-11(3-6-14)15(20)10-23-18(21)17-9-12-8-13(19)4-7-16(12)24-17/h2-9H,10H2,1H3. The summed E-state index contributed by atoms with van der Waals surface area (Å²) in [7, 11) is 1.54. The molecule has 1 heterocycles. The predicted octanol–water partition coefficient (Wildman–Crippen LogP) is 4.13. The number of methoxy groups -OCH3 is 1. The van der Waals surface area contributed by atoms with Crippen molar-refractivity contribution in [1.29, 1.82) is 0 Å². The first-order chi connectivity index (χ1) is 11.6. The zero-order valence-electron chi connectivity index (χ0n) is 12.7. The molecule has 3 aromatic rings. The number of ether oxygens (including phenoxy) is 2. The fourth-order valence-corrected chi connectivity index (χ4v) is 2.36. The number of fused-ring (bicyclic) bond motifs is 1. The number of hydrogen-bond donors (Lipinski definition) is 0. The first-order valence-electron chi connectivity index (χ1n) is 7.10. The highest BCUT2D eigenvalue weighted by atomic mass is 35.5. The summed E-state index contributed by atoms with van der Waals surface area (Å²) in [6.45, 7) is -0.372. The van der Waals surface area contributed by atoms with Gasteiger partial charge in [0.1, 0.15) is 11.3 Å². The molecule has 0 amide bonds. The van der Waals surface area contributed by atoms with Gasteiger partial charge >= 0.3 is 5.97 Å². The van der Waals surface area contributed by atoms with Crippen molar-refractivity contribution >= 4 is 34.3 Å². The molecule has 122 valence electrons. The van der Waals surface area contributed by atoms with Crippen LogP contribution in [0.4, 0.5) is 0 Å². The maximum atomic E-state index is 12.0. The second kappa shape index (κ2) is 6.76. The van der Waals surface area contributed by atoms with Crippen LogP contribution in [0, 0.1) is 0 Å². The van der Waals surface area contributed by atoms with Crippen molar-refractivity contribution in [3.8, 4) is 5.75 Å². The van der Waals surface area contributed by atoms with Crippen LogP contribution in [0.5, 0.6) is 5.75 Å². The third kappa shape index (κ3) is 3.41. The number of benzene rings is 2. The van der Waals surface area contributed by atoms with Crippen LogP contribution in [0.2, 0.25) is 5.02 Å². The Morgan fingerprint density at radius 2 is 1.83 bits per heavy atom. The molecular formula is C18H13ClO5. The number of hydrogen-bond acceptors (Lipinski definition) is 5. The lowest BCUT2D eigenvalue weighted by atomic mass is 10.1. The predicted molar refractivity (Wildman–Crippen MR) is 88.8 cm³/mol. The van der Waals surface area contributed by atoms with E-state index in [1.54, 1.807) is 49.6 Å². The average molecular weight is 345 g/mol. The molecule has 0 fully saturated rings. The van der Waals surface area contributed by atoms with Crippen molar-refractivity contribution in [2.45, 2.75) is 0 Å². The Bertz CT molecular complexity index is 895. The Kier molecular flexibility index (Phi) is 4.53. The zero-order chi connectivity index (χ0) is 17.1. The second-order valence-corrected chi connectivity index (χ2v) is 5.46. The molecule has 0 saturated carbocycles. The minimum atomic E-state index is -0.704. The van der Waals surface area contributed by atoms with Gasteiger partial charge in [0.2, 0.25) is 5.76 Å². The summed E-state index contributed by atoms with van der Waals surface area (Å²) >= 11 is 5.89. The van der Waals surface area contributed by atoms with Gasteiger partial charge in [0.25, 0.3) is 0 Å². The lowest BCUT2D eigenvalue weighted by Crippen LogP contribution is -2.13. The van der Waals surface area contributed by atoms with Gasteiger partial charge in [-0.05, 0) is 48.5 Å². The SMILES string of the molecule is COc1ccc(C(=O)COC(=O)c2cc3cc(Cl)ccc3o2)cc1. The number of rotatable bonds is 5. The number of ketones is 1. The average Bonchev–Trinajstić information content (AvgIpc) is 3.02. The summed E-state index contributed by atoms with van der Waals surface area (Å²) in [5, 5.41) is 1.23. The van der Waals surface area contributed by atoms with Gasteiger partial charge in [-0.1, -0.05) is 11.6 Å². The minimum Gasteiger partial charge on any atom is -0.497 e. The summed E-state index contributed by atoms with van der Waals surface area (Å²) in [5.74, 6) is -0.353. The largest absolute Gasteiger partial charge is 0.497 e. The summed E-state index contributed by atoms with van der Waals surface area (Å²) in [5.41, 5.74) is 0.952. The van der Waals surface area contributed by atoms with Gasteiger partial charge in [-0.2, -0.15) is 0 Å². The van der Waals surface area contributed by atoms with Crippen molar-refractivity contribution < 1.29 is 23.5 Å². The minimum absolute atomic E-state index is 0.0230. The van der Waals surface area contributed by atoms with E-state index in [1.165, 1.54) is 6.07 Å². The molecule has 0 unspecified atom stereocenters. The van der Waals surface area contributed by atoms with Gasteiger partial charge in [-0.25, -0.2) is 4.79 Å². The van der Waals surface area contributed by atoms with E-state index >= 15 is 0 Å². The maximum absolute atomic E-state index is 12.0. The van der Waals surface area contributed by atoms with Crippen molar-refractivity contribution in [1.82, 2.24) is 0 Å². The van der Waals surface area contributed by atoms with Crippen LogP contribution >= 0.6 is 11.6 Å². The number of Topliss-reactive ketones (excluding diaryl/α,β-unsaturated/α-hetero) is 1. The molecule has 0 N–H and O–H groups in total. The monoisotopic (exact) mass is 344 g/mol. The van der Waals surface area contributed by atoms with Gasteiger partial charge in [-0.15, -0.1) is 0 Å². The van der Waals surface area contributed by atoms with Gasteiger partial charge in [0, 0.05) is 16.0 Å². The molecule has 0 aliphatic rings. The second-order valence-electron chi connectivity index (χ2n) is 5.02. The summed E-state index contributed by atoms with van der Waals surface area (Å²) in [6, 6.07) is 13.1. The van der Waals surface area contributed by atoms with E-state index in [9.17, 15) is 9.59 Å². The smallest absolute Gasteiger partial charge is 0.374 e. The van der Waals surface area contributed by atoms with Crippen LogP contribution in [0.3, 0.4) is 0 Å². The number of esters is 1. The van der Waals surface area contributed by atoms with Crippen molar-refractivity contribution in [3.05, 3.63) is 64.9 Å². The fraction of sp³-hybridized carbons (Fsp3) is 0.111. The molecule has 0 spiro atoms. The molecule has 3 rings (SSSR count). The van der Waals surface area contributed by atoms with E-state index in [0.717, 1.165) is 0 Å². The highest BCUT2D eigenvalue weighted by Crippen LogP contribution is 2.23. The topological polar surface area (TPSA) is 65.7 Å². The van der Waals surface area contributed by atoms with Gasteiger partial charge < -0.3 is 13.9 Å². The van der Waals surface area contributed by atoms with E-state index in [0.29, 0.717) is 27.3 Å². The normalized spacial score (nSPS) is 10.6. The van der Waals surface area contributed by atoms with Crippen LogP contribution in [-0.4, -0.2) is 25.5 Å². The van der Waals surface area contributed by atoms with Crippen LogP contribution < -0.4 is 4.74 Å². The van der Waals surface area contributed by atoms with E-state index in [4.69, 9.17) is 25.5 Å². The number of halogens is 1. The first kappa shape index (κ1) is 16.1. The Morgan fingerprint density at radius 3 is 2.54 bits per heavy atom. The van der Waals surface area contributed by atoms with Crippen LogP contribution in [0.15, 0.2) is 52.9 Å². The number of furan rings is 1. The molecule has 0 aliphatic heterocycles. The fourth-order valence-electron chi connectivity index (χ4n) is 2.18. The van der Waals surface area contributed by atoms with Crippen molar-refractivity contribution in [3.63, 3.8) is 0 Å². The molecule has 0 radical (unpaired) electrons. The zero-order valence-corrected chi connectivity index (χ0v) is 13.5. The molecule has 6 heteroatoms. The van der Waals surface area contributed by atoms with Gasteiger partial charge in [0.15, 0.2) is 12.4 Å². The molecule has 0 aliphatic carbocycles. The Balaban J connectivity index is 1.66. The molecule has 2 aromatic carbocycles. The van der Waals surface area contributed by atoms with Crippen molar-refractivity contribution in [2.24, 2.45) is 0 Å². The Labute approximate surface area is 142 Å². The molecule has 0 atom stereocenters. The molecule has 5 nitrogen and oxygen atoms in total. The highest BCUT2D eigenvalue weighted by molar-refractivity contribution is 6.31. The lowest BCUT2D eigenvalue weighted by molar-refractivity contribution is 0.0446. The Hall–Kier alpha value is -2.79. The van der Waals surface area contributed by atoms with E-state index in [2.05, 4.69) is 0 Å². The number of carbonyl (C=O) groups excluding carboxylic acids is 2. The summed E-state index contributed by atoms with van der Waals surface area (Å²) in [4.78, 5) is 24.0. The number of carbonyl (C=O) groups is 2. The quantitative estimate of drug-likeness (QED) is 0.514. The molecule has 0 bridgehead atoms. The third-order valence-corrected chi connectivity index (χ3v) is 3.66. The van der Waals surface area contributed by atoms with Crippen LogP contribution in [-0.2, 0) is 4.74 Å². The highest BCUT2D eigenvalue weighted by Gasteiger charge is 2.16. The van der Waals surface area contributed by atoms with Crippen molar-refractivity contribution in [2.75, 3.05) is 13.7 Å². The first-order valence-corrected chi connectivity index (χ1v) is 7.48. The molecular weight excluding hydrogens is 332 g/mol. The van der Waals surface area contributed by atoms with E-state index in [-0.39, 0.29) is 18.2 Å². The third-order valence-electron chi connectivity index (χ3n) is 3.43. The Morgan fingerprint density at radius 1 is 1.08 bits per heavy atom. The van der Waals surface area contributed by atoms with Gasteiger partial charge in [0.05, 0.1) is 7.11 Å². The van der Waals surface area contributed by atoms with E-state index < -0.39 is 5.97 Å². The van der Waals surface area contributed by atoms with E-state index in [1.807, 2.05) is 0 Å². The van der Waals surface area contributed by atoms with Crippen LogP contribution in [0.1, 0.15) is 20.9 Å². The molecule has 1 aromatic heterocycles. The summed E-state index contributed by atoms with van der Waals surface area (Å²) < 4.78 is 15.4. The molecule has 0 saturated heterocycles. The lowest BCUT2D eigenvalue weighted by Gasteiger charge is -2.04. The molecule has 24 heavy (non-hydrogen) atoms.